The Bertz CT molecular complexity index is 660. The number of nitrogens with one attached hydrogen (secondary N) is 3. The number of morpholine rings is 1. The summed E-state index contributed by atoms with van der Waals surface area (Å²) < 4.78 is 5.86. The maximum Gasteiger partial charge on any atom is 0.241 e. The quantitative estimate of drug-likeness (QED) is 0.718. The van der Waals surface area contributed by atoms with Crippen LogP contribution in [0.15, 0.2) is 18.2 Å². The topological polar surface area (TPSA) is 65.6 Å². The first-order valence-electron chi connectivity index (χ1n) is 8.70. The summed E-state index contributed by atoms with van der Waals surface area (Å²) >= 11 is 12.1. The number of rotatable bonds is 2. The number of hydrogen-bond donors (Lipinski definition) is 3. The van der Waals surface area contributed by atoms with Gasteiger partial charge in [-0.3, -0.25) is 10.2 Å². The highest BCUT2D eigenvalue weighted by Gasteiger charge is 2.43. The molecule has 4 unspecified atom stereocenters. The van der Waals surface area contributed by atoms with Crippen molar-refractivity contribution in [3.05, 3.63) is 33.8 Å². The number of hydrazine groups is 1. The second-order valence-corrected chi connectivity index (χ2v) is 7.66. The molecule has 136 valence electrons. The summed E-state index contributed by atoms with van der Waals surface area (Å²) in [6.45, 7) is 3.51. The third kappa shape index (κ3) is 3.52. The van der Waals surface area contributed by atoms with E-state index in [-0.39, 0.29) is 24.0 Å². The van der Waals surface area contributed by atoms with Crippen molar-refractivity contribution in [2.24, 2.45) is 5.92 Å². The molecule has 0 saturated carbocycles. The van der Waals surface area contributed by atoms with E-state index in [1.807, 2.05) is 17.0 Å². The molecule has 3 N–H and O–H groups in total. The molecule has 0 aromatic heterocycles. The lowest BCUT2D eigenvalue weighted by atomic mass is 9.88. The number of halogens is 2. The monoisotopic (exact) mass is 384 g/mol. The van der Waals surface area contributed by atoms with Gasteiger partial charge in [-0.15, -0.1) is 0 Å². The lowest BCUT2D eigenvalue weighted by molar-refractivity contribution is -0.142. The van der Waals surface area contributed by atoms with Crippen LogP contribution >= 0.6 is 23.2 Å². The van der Waals surface area contributed by atoms with E-state index in [1.54, 1.807) is 6.07 Å². The van der Waals surface area contributed by atoms with Crippen molar-refractivity contribution in [2.75, 3.05) is 32.8 Å². The van der Waals surface area contributed by atoms with Gasteiger partial charge in [-0.2, -0.15) is 0 Å². The first kappa shape index (κ1) is 17.5. The zero-order valence-electron chi connectivity index (χ0n) is 13.8. The molecule has 3 aliphatic heterocycles. The molecule has 0 bridgehead atoms. The number of carbonyl (C=O) groups is 1. The first-order chi connectivity index (χ1) is 12.1. The SMILES string of the molecule is O=C(C1NNC2CCNCC21)N1CCOC(c2ccc(Cl)c(Cl)c2)C1. The van der Waals surface area contributed by atoms with E-state index in [4.69, 9.17) is 27.9 Å². The second-order valence-electron chi connectivity index (χ2n) is 6.85. The molecule has 0 radical (unpaired) electrons. The van der Waals surface area contributed by atoms with Gasteiger partial charge in [-0.1, -0.05) is 29.3 Å². The van der Waals surface area contributed by atoms with Crippen LogP contribution in [0.3, 0.4) is 0 Å². The number of hydrogen-bond acceptors (Lipinski definition) is 5. The van der Waals surface area contributed by atoms with Crippen LogP contribution in [0.2, 0.25) is 10.0 Å². The summed E-state index contributed by atoms with van der Waals surface area (Å²) in [5.41, 5.74) is 7.44. The summed E-state index contributed by atoms with van der Waals surface area (Å²) in [6, 6.07) is 5.67. The maximum atomic E-state index is 13.0. The predicted octanol–water partition coefficient (Wildman–Crippen LogP) is 1.35. The fraction of sp³-hybridized carbons (Fsp3) is 0.588. The first-order valence-corrected chi connectivity index (χ1v) is 9.46. The van der Waals surface area contributed by atoms with Crippen molar-refractivity contribution < 1.29 is 9.53 Å². The highest BCUT2D eigenvalue weighted by atomic mass is 35.5. The number of piperidine rings is 1. The fourth-order valence-corrected chi connectivity index (χ4v) is 4.23. The van der Waals surface area contributed by atoms with Crippen molar-refractivity contribution in [3.63, 3.8) is 0 Å². The van der Waals surface area contributed by atoms with Gasteiger partial charge < -0.3 is 15.0 Å². The van der Waals surface area contributed by atoms with Crippen LogP contribution in [0.1, 0.15) is 18.1 Å². The molecule has 3 saturated heterocycles. The smallest absolute Gasteiger partial charge is 0.241 e. The Morgan fingerprint density at radius 1 is 1.24 bits per heavy atom. The summed E-state index contributed by atoms with van der Waals surface area (Å²) in [7, 11) is 0. The van der Waals surface area contributed by atoms with E-state index in [2.05, 4.69) is 16.2 Å². The van der Waals surface area contributed by atoms with Crippen LogP contribution in [0, 0.1) is 5.92 Å². The van der Waals surface area contributed by atoms with Crippen molar-refractivity contribution in [1.82, 2.24) is 21.1 Å². The predicted molar refractivity (Wildman–Crippen MR) is 96.6 cm³/mol. The molecular formula is C17H22Cl2N4O2. The Hall–Kier alpha value is -0.890. The lowest BCUT2D eigenvalue weighted by Gasteiger charge is -2.36. The van der Waals surface area contributed by atoms with Crippen LogP contribution < -0.4 is 16.2 Å². The minimum absolute atomic E-state index is 0.136. The zero-order valence-corrected chi connectivity index (χ0v) is 15.3. The van der Waals surface area contributed by atoms with Gasteiger partial charge in [0.25, 0.3) is 0 Å². The molecule has 4 rings (SSSR count). The normalized spacial score (nSPS) is 32.5. The Morgan fingerprint density at radius 2 is 2.12 bits per heavy atom. The zero-order chi connectivity index (χ0) is 17.4. The van der Waals surface area contributed by atoms with E-state index in [0.29, 0.717) is 35.8 Å². The van der Waals surface area contributed by atoms with Crippen molar-refractivity contribution in [1.29, 1.82) is 0 Å². The summed E-state index contributed by atoms with van der Waals surface area (Å²) in [5, 5.41) is 4.41. The second kappa shape index (κ2) is 7.39. The number of amides is 1. The third-order valence-electron chi connectivity index (χ3n) is 5.34. The average molecular weight is 385 g/mol. The van der Waals surface area contributed by atoms with Crippen LogP contribution in [0.25, 0.3) is 0 Å². The van der Waals surface area contributed by atoms with Crippen LogP contribution in [-0.2, 0) is 9.53 Å². The molecule has 0 aliphatic carbocycles. The van der Waals surface area contributed by atoms with Gasteiger partial charge in [0.2, 0.25) is 5.91 Å². The fourth-order valence-electron chi connectivity index (χ4n) is 3.92. The van der Waals surface area contributed by atoms with E-state index in [0.717, 1.165) is 25.1 Å². The molecule has 3 fully saturated rings. The van der Waals surface area contributed by atoms with Gasteiger partial charge >= 0.3 is 0 Å². The molecule has 6 nitrogen and oxygen atoms in total. The number of carbonyl (C=O) groups excluding carboxylic acids is 1. The standard InChI is InChI=1S/C17H22Cl2N4O2/c18-12-2-1-10(7-13(12)19)15-9-23(5-6-25-15)17(24)16-11-8-20-4-3-14(11)21-22-16/h1-2,7,11,14-16,20-22H,3-6,8-9H2. The molecule has 25 heavy (non-hydrogen) atoms. The van der Waals surface area contributed by atoms with E-state index >= 15 is 0 Å². The molecule has 0 spiro atoms. The van der Waals surface area contributed by atoms with E-state index in [1.165, 1.54) is 0 Å². The number of ether oxygens (including phenoxy) is 1. The Morgan fingerprint density at radius 3 is 2.96 bits per heavy atom. The average Bonchev–Trinajstić information content (AvgIpc) is 3.07. The van der Waals surface area contributed by atoms with Gasteiger partial charge in [0.05, 0.1) is 23.2 Å². The van der Waals surface area contributed by atoms with Crippen molar-refractivity contribution in [3.8, 4) is 0 Å². The Kier molecular flexibility index (Phi) is 5.18. The minimum atomic E-state index is -0.189. The Balaban J connectivity index is 1.45. The highest BCUT2D eigenvalue weighted by molar-refractivity contribution is 6.42. The molecule has 3 heterocycles. The van der Waals surface area contributed by atoms with Crippen molar-refractivity contribution in [2.45, 2.75) is 24.6 Å². The number of nitrogens with zero attached hydrogens (tertiary/aromatic N) is 1. The molecule has 8 heteroatoms. The van der Waals surface area contributed by atoms with Crippen LogP contribution in [-0.4, -0.2) is 55.7 Å². The van der Waals surface area contributed by atoms with E-state index < -0.39 is 0 Å². The van der Waals surface area contributed by atoms with E-state index in [9.17, 15) is 4.79 Å². The minimum Gasteiger partial charge on any atom is -0.370 e. The largest absolute Gasteiger partial charge is 0.370 e. The molecular weight excluding hydrogens is 363 g/mol. The molecule has 1 aromatic carbocycles. The van der Waals surface area contributed by atoms with Gasteiger partial charge in [-0.05, 0) is 30.7 Å². The van der Waals surface area contributed by atoms with Gasteiger partial charge in [0.15, 0.2) is 0 Å². The molecule has 3 aliphatic rings. The third-order valence-corrected chi connectivity index (χ3v) is 6.08. The molecule has 1 amide bonds. The lowest BCUT2D eigenvalue weighted by Crippen LogP contribution is -2.53. The van der Waals surface area contributed by atoms with Gasteiger partial charge in [0.1, 0.15) is 12.1 Å². The van der Waals surface area contributed by atoms with Crippen LogP contribution in [0.5, 0.6) is 0 Å². The summed E-state index contributed by atoms with van der Waals surface area (Å²) in [4.78, 5) is 14.9. The summed E-state index contributed by atoms with van der Waals surface area (Å²) in [5.74, 6) is 0.421. The maximum absolute atomic E-state index is 13.0. The van der Waals surface area contributed by atoms with Gasteiger partial charge in [-0.25, -0.2) is 5.43 Å². The number of fused-ring (bicyclic) bond motifs is 1. The Labute approximate surface area is 157 Å². The molecule has 1 aromatic rings. The van der Waals surface area contributed by atoms with Gasteiger partial charge in [0, 0.05) is 25.0 Å². The van der Waals surface area contributed by atoms with Crippen LogP contribution in [0.4, 0.5) is 0 Å². The molecule has 4 atom stereocenters. The van der Waals surface area contributed by atoms with Crippen molar-refractivity contribution >= 4 is 29.1 Å². The summed E-state index contributed by atoms with van der Waals surface area (Å²) in [6.07, 6.45) is 0.860. The highest BCUT2D eigenvalue weighted by Crippen LogP contribution is 2.30. The number of benzene rings is 1.